The van der Waals surface area contributed by atoms with Crippen molar-refractivity contribution in [2.24, 2.45) is 0 Å². The van der Waals surface area contributed by atoms with E-state index in [1.54, 1.807) is 0 Å². The molecular formula is C16H11NO3S2. The molecule has 6 heteroatoms. The van der Waals surface area contributed by atoms with Crippen molar-refractivity contribution in [1.82, 2.24) is 4.90 Å². The number of amides is 1. The first-order chi connectivity index (χ1) is 10.6. The van der Waals surface area contributed by atoms with Gasteiger partial charge in [-0.2, -0.15) is 0 Å². The summed E-state index contributed by atoms with van der Waals surface area (Å²) >= 11 is 6.20. The minimum Gasteiger partial charge on any atom is -0.480 e. The van der Waals surface area contributed by atoms with E-state index >= 15 is 0 Å². The van der Waals surface area contributed by atoms with Gasteiger partial charge in [-0.25, -0.2) is 0 Å². The molecule has 0 aliphatic carbocycles. The van der Waals surface area contributed by atoms with Gasteiger partial charge in [-0.05, 0) is 34.2 Å². The van der Waals surface area contributed by atoms with E-state index in [2.05, 4.69) is 0 Å². The Kier molecular flexibility index (Phi) is 3.96. The molecule has 2 aromatic rings. The number of rotatable bonds is 3. The van der Waals surface area contributed by atoms with Crippen LogP contribution in [0.3, 0.4) is 0 Å². The fourth-order valence-corrected chi connectivity index (χ4v) is 3.52. The Hall–Kier alpha value is -2.18. The maximum Gasteiger partial charge on any atom is 0.323 e. The molecule has 1 N–H and O–H groups in total. The summed E-state index contributed by atoms with van der Waals surface area (Å²) < 4.78 is 0. The highest BCUT2D eigenvalue weighted by Crippen LogP contribution is 2.34. The minimum absolute atomic E-state index is 0.269. The molecule has 0 spiro atoms. The van der Waals surface area contributed by atoms with Gasteiger partial charge < -0.3 is 5.11 Å². The van der Waals surface area contributed by atoms with Crippen LogP contribution in [0, 0.1) is 0 Å². The number of carbonyl (C=O) groups is 2. The Morgan fingerprint density at radius 2 is 1.95 bits per heavy atom. The van der Waals surface area contributed by atoms with E-state index in [9.17, 15) is 9.59 Å². The van der Waals surface area contributed by atoms with Crippen LogP contribution in [0.15, 0.2) is 47.4 Å². The summed E-state index contributed by atoms with van der Waals surface area (Å²) in [5, 5.41) is 10.7. The number of carbonyl (C=O) groups excluding carboxylic acids is 1. The zero-order valence-electron chi connectivity index (χ0n) is 11.4. The second kappa shape index (κ2) is 5.90. The Labute approximate surface area is 136 Å². The summed E-state index contributed by atoms with van der Waals surface area (Å²) in [7, 11) is 0. The van der Waals surface area contributed by atoms with Crippen LogP contribution in [0.5, 0.6) is 0 Å². The van der Waals surface area contributed by atoms with Gasteiger partial charge in [0.05, 0.1) is 4.91 Å². The summed E-state index contributed by atoms with van der Waals surface area (Å²) in [6.45, 7) is -0.405. The lowest BCUT2D eigenvalue weighted by atomic mass is 10.0. The van der Waals surface area contributed by atoms with Gasteiger partial charge in [0, 0.05) is 0 Å². The van der Waals surface area contributed by atoms with Crippen LogP contribution in [0.1, 0.15) is 5.56 Å². The molecule has 110 valence electrons. The highest BCUT2D eigenvalue weighted by Gasteiger charge is 2.33. The van der Waals surface area contributed by atoms with E-state index in [-0.39, 0.29) is 10.2 Å². The topological polar surface area (TPSA) is 57.6 Å². The molecule has 0 atom stereocenters. The second-order valence-electron chi connectivity index (χ2n) is 4.73. The van der Waals surface area contributed by atoms with Crippen LogP contribution >= 0.6 is 24.0 Å². The summed E-state index contributed by atoms with van der Waals surface area (Å²) in [5.74, 6) is -1.08. The van der Waals surface area contributed by atoms with Gasteiger partial charge >= 0.3 is 5.97 Å². The number of carboxylic acid groups (broad SMARTS) is 1. The van der Waals surface area contributed by atoms with Crippen molar-refractivity contribution < 1.29 is 14.7 Å². The summed E-state index contributed by atoms with van der Waals surface area (Å²) in [6, 6.07) is 13.8. The fraction of sp³-hybridized carbons (Fsp3) is 0.0625. The Balaban J connectivity index is 2.00. The lowest BCUT2D eigenvalue weighted by Gasteiger charge is -2.10. The normalized spacial score (nSPS) is 16.7. The number of benzene rings is 2. The van der Waals surface area contributed by atoms with E-state index in [0.29, 0.717) is 4.91 Å². The van der Waals surface area contributed by atoms with E-state index in [4.69, 9.17) is 17.3 Å². The maximum atomic E-state index is 11.9. The number of carboxylic acids is 1. The van der Waals surface area contributed by atoms with Gasteiger partial charge in [-0.1, -0.05) is 54.7 Å². The standard InChI is InChI=1S/C16H11NO3S2/c18-14(19)9-17-15(21)13(22-16(17)20)8-11-6-3-5-10-4-1-2-7-12(10)11/h1-8H,9H2,(H,18,19). The van der Waals surface area contributed by atoms with Gasteiger partial charge in [0.15, 0.2) is 0 Å². The minimum atomic E-state index is -1.08. The number of hydrogen-bond acceptors (Lipinski definition) is 4. The van der Waals surface area contributed by atoms with Gasteiger partial charge in [-0.3, -0.25) is 14.5 Å². The molecule has 3 rings (SSSR count). The van der Waals surface area contributed by atoms with Crippen molar-refractivity contribution in [3.05, 3.63) is 52.9 Å². The lowest BCUT2D eigenvalue weighted by molar-refractivity contribution is -0.136. The molecule has 0 saturated carbocycles. The van der Waals surface area contributed by atoms with E-state index in [1.807, 2.05) is 48.5 Å². The fourth-order valence-electron chi connectivity index (χ4n) is 2.29. The van der Waals surface area contributed by atoms with Crippen molar-refractivity contribution in [2.45, 2.75) is 0 Å². The second-order valence-corrected chi connectivity index (χ2v) is 6.11. The quantitative estimate of drug-likeness (QED) is 0.686. The molecule has 1 fully saturated rings. The third-order valence-electron chi connectivity index (χ3n) is 3.28. The zero-order chi connectivity index (χ0) is 15.7. The molecule has 1 amide bonds. The van der Waals surface area contributed by atoms with Gasteiger partial charge in [0.2, 0.25) is 0 Å². The molecule has 0 unspecified atom stereocenters. The van der Waals surface area contributed by atoms with E-state index < -0.39 is 12.5 Å². The van der Waals surface area contributed by atoms with Gasteiger partial charge in [0.1, 0.15) is 11.5 Å². The summed E-state index contributed by atoms with van der Waals surface area (Å²) in [4.78, 5) is 24.7. The number of nitrogens with zero attached hydrogens (tertiary/aromatic N) is 1. The summed E-state index contributed by atoms with van der Waals surface area (Å²) in [5.41, 5.74) is 0.952. The first-order valence-corrected chi connectivity index (χ1v) is 7.73. The van der Waals surface area contributed by atoms with Crippen LogP contribution in [0.25, 0.3) is 16.8 Å². The molecule has 2 aromatic carbocycles. The lowest BCUT2D eigenvalue weighted by Crippen LogP contribution is -2.32. The van der Waals surface area contributed by atoms with Crippen molar-refractivity contribution in [3.8, 4) is 0 Å². The zero-order valence-corrected chi connectivity index (χ0v) is 13.0. The molecule has 0 radical (unpaired) electrons. The maximum absolute atomic E-state index is 11.9. The molecule has 1 heterocycles. The molecule has 1 aliphatic rings. The first-order valence-electron chi connectivity index (χ1n) is 6.51. The molecule has 4 nitrogen and oxygen atoms in total. The van der Waals surface area contributed by atoms with Crippen LogP contribution in [-0.4, -0.2) is 32.7 Å². The molecule has 0 bridgehead atoms. The highest BCUT2D eigenvalue weighted by molar-refractivity contribution is 8.19. The molecule has 0 aromatic heterocycles. The number of thiocarbonyl (C=S) groups is 1. The number of aliphatic carboxylic acids is 1. The average molecular weight is 329 g/mol. The predicted molar refractivity (Wildman–Crippen MR) is 91.9 cm³/mol. The van der Waals surface area contributed by atoms with E-state index in [0.717, 1.165) is 33.0 Å². The Morgan fingerprint density at radius 1 is 1.23 bits per heavy atom. The monoisotopic (exact) mass is 329 g/mol. The van der Waals surface area contributed by atoms with Crippen LogP contribution in [0.4, 0.5) is 4.79 Å². The Bertz CT molecular complexity index is 824. The number of thioether (sulfide) groups is 1. The van der Waals surface area contributed by atoms with Crippen molar-refractivity contribution in [3.63, 3.8) is 0 Å². The van der Waals surface area contributed by atoms with E-state index in [1.165, 1.54) is 0 Å². The average Bonchev–Trinajstić information content (AvgIpc) is 2.75. The van der Waals surface area contributed by atoms with Crippen molar-refractivity contribution in [2.75, 3.05) is 6.54 Å². The smallest absolute Gasteiger partial charge is 0.323 e. The Morgan fingerprint density at radius 3 is 2.73 bits per heavy atom. The highest BCUT2D eigenvalue weighted by atomic mass is 32.2. The van der Waals surface area contributed by atoms with Crippen LogP contribution in [0.2, 0.25) is 0 Å². The van der Waals surface area contributed by atoms with Crippen molar-refractivity contribution >= 4 is 57.0 Å². The molecular weight excluding hydrogens is 318 g/mol. The van der Waals surface area contributed by atoms with Gasteiger partial charge in [-0.15, -0.1) is 0 Å². The van der Waals surface area contributed by atoms with Crippen LogP contribution in [-0.2, 0) is 4.79 Å². The molecule has 1 saturated heterocycles. The molecule has 1 aliphatic heterocycles. The van der Waals surface area contributed by atoms with Crippen molar-refractivity contribution in [1.29, 1.82) is 0 Å². The third-order valence-corrected chi connectivity index (χ3v) is 4.77. The van der Waals surface area contributed by atoms with Gasteiger partial charge in [0.25, 0.3) is 5.24 Å². The molecule has 22 heavy (non-hydrogen) atoms. The summed E-state index contributed by atoms with van der Waals surface area (Å²) in [6.07, 6.45) is 1.84. The SMILES string of the molecule is O=C(O)CN1C(=O)SC(=Cc2cccc3ccccc23)C1=S. The number of fused-ring (bicyclic) bond motifs is 1. The first kappa shape index (κ1) is 14.7. The predicted octanol–water partition coefficient (Wildman–Crippen LogP) is 3.76. The number of hydrogen-bond donors (Lipinski definition) is 1. The van der Waals surface area contributed by atoms with Crippen LogP contribution < -0.4 is 0 Å². The largest absolute Gasteiger partial charge is 0.480 e. The third kappa shape index (κ3) is 2.75.